The maximum Gasteiger partial charge on any atom is 0.247 e. The van der Waals surface area contributed by atoms with E-state index in [1.807, 2.05) is 22.6 Å². The highest BCUT2D eigenvalue weighted by Gasteiger charge is 2.40. The lowest BCUT2D eigenvalue weighted by Crippen LogP contribution is -2.54. The third-order valence-corrected chi connectivity index (χ3v) is 7.62. The van der Waals surface area contributed by atoms with Crippen molar-refractivity contribution >= 4 is 63.9 Å². The van der Waals surface area contributed by atoms with Crippen molar-refractivity contribution in [1.29, 1.82) is 0 Å². The van der Waals surface area contributed by atoms with Crippen LogP contribution >= 0.6 is 45.8 Å². The van der Waals surface area contributed by atoms with Gasteiger partial charge in [0.1, 0.15) is 18.5 Å². The number of aldehydes is 1. The molecule has 0 radical (unpaired) electrons. The predicted octanol–water partition coefficient (Wildman–Crippen LogP) is 3.77. The van der Waals surface area contributed by atoms with Gasteiger partial charge in [0, 0.05) is 47.1 Å². The molecule has 0 saturated heterocycles. The Morgan fingerprint density at radius 2 is 2.00 bits per heavy atom. The summed E-state index contributed by atoms with van der Waals surface area (Å²) >= 11 is 14.4. The van der Waals surface area contributed by atoms with Gasteiger partial charge in [-0.15, -0.1) is 0 Å². The Morgan fingerprint density at radius 3 is 2.62 bits per heavy atom. The molecule has 0 aromatic heterocycles. The molecule has 12 heteroatoms. The first-order valence-electron chi connectivity index (χ1n) is 12.1. The van der Waals surface area contributed by atoms with Crippen LogP contribution in [-0.4, -0.2) is 71.7 Å². The lowest BCUT2D eigenvalue weighted by atomic mass is 9.87. The van der Waals surface area contributed by atoms with Crippen LogP contribution in [0.15, 0.2) is 42.0 Å². The number of ether oxygens (including phenoxy) is 2. The van der Waals surface area contributed by atoms with Crippen molar-refractivity contribution in [3.8, 4) is 11.5 Å². The molecule has 39 heavy (non-hydrogen) atoms. The third-order valence-electron chi connectivity index (χ3n) is 6.24. The minimum absolute atomic E-state index is 0.0335. The number of aliphatic hydroxyl groups excluding tert-OH is 2. The van der Waals surface area contributed by atoms with Gasteiger partial charge in [-0.2, -0.15) is 0 Å². The van der Waals surface area contributed by atoms with Crippen LogP contribution in [0.4, 0.5) is 0 Å². The Bertz CT molecular complexity index is 1260. The van der Waals surface area contributed by atoms with Crippen molar-refractivity contribution in [3.05, 3.63) is 66.7 Å². The molecule has 0 saturated carbocycles. The standard InChI is InChI=1S/C27H29Cl2IN2O7/c1-3-24(35)32(13-16-4-5-18(28)12-19(16)29)21-10-17(27(37)31-6-7-33)11-22(25(21)36)39-26-20(30)8-15(14-34)9-23(26)38-2/h4-5,8-9,11-12,14,21-22,25,33,36H,3,6-7,10,13H2,1-2H3,(H,31,37). The van der Waals surface area contributed by atoms with E-state index in [-0.39, 0.29) is 55.5 Å². The molecule has 9 nitrogen and oxygen atoms in total. The smallest absolute Gasteiger partial charge is 0.247 e. The fourth-order valence-corrected chi connectivity index (χ4v) is 5.49. The second-order valence-electron chi connectivity index (χ2n) is 8.78. The molecule has 0 bridgehead atoms. The molecule has 210 valence electrons. The number of halogens is 3. The van der Waals surface area contributed by atoms with Crippen LogP contribution in [0.5, 0.6) is 11.5 Å². The van der Waals surface area contributed by atoms with Gasteiger partial charge < -0.3 is 29.9 Å². The number of carbonyl (C=O) groups excluding carboxylic acids is 3. The van der Waals surface area contributed by atoms with E-state index in [2.05, 4.69) is 5.32 Å². The first-order valence-corrected chi connectivity index (χ1v) is 14.0. The quantitative estimate of drug-likeness (QED) is 0.242. The molecule has 2 aromatic rings. The van der Waals surface area contributed by atoms with E-state index in [0.717, 1.165) is 0 Å². The van der Waals surface area contributed by atoms with E-state index >= 15 is 0 Å². The van der Waals surface area contributed by atoms with Crippen molar-refractivity contribution in [3.63, 3.8) is 0 Å². The van der Waals surface area contributed by atoms with Crippen molar-refractivity contribution < 1.29 is 34.1 Å². The van der Waals surface area contributed by atoms with Gasteiger partial charge >= 0.3 is 0 Å². The number of hydrogen-bond acceptors (Lipinski definition) is 7. The molecular weight excluding hydrogens is 662 g/mol. The minimum atomic E-state index is -1.24. The molecule has 0 spiro atoms. The number of benzene rings is 2. The average molecular weight is 691 g/mol. The van der Waals surface area contributed by atoms with Crippen LogP contribution in [0.25, 0.3) is 0 Å². The number of nitrogens with one attached hydrogen (secondary N) is 1. The number of amides is 2. The summed E-state index contributed by atoms with van der Waals surface area (Å²) in [5, 5.41) is 24.1. The van der Waals surface area contributed by atoms with Crippen molar-refractivity contribution in [2.45, 2.75) is 44.6 Å². The lowest BCUT2D eigenvalue weighted by molar-refractivity contribution is -0.139. The molecule has 1 aliphatic rings. The summed E-state index contributed by atoms with van der Waals surface area (Å²) in [7, 11) is 1.42. The summed E-state index contributed by atoms with van der Waals surface area (Å²) in [5.74, 6) is -0.175. The Morgan fingerprint density at radius 1 is 1.26 bits per heavy atom. The van der Waals surface area contributed by atoms with Gasteiger partial charge in [-0.05, 0) is 58.5 Å². The minimum Gasteiger partial charge on any atom is -0.493 e. The topological polar surface area (TPSA) is 125 Å². The summed E-state index contributed by atoms with van der Waals surface area (Å²) in [4.78, 5) is 38.9. The summed E-state index contributed by atoms with van der Waals surface area (Å²) < 4.78 is 12.2. The van der Waals surface area contributed by atoms with E-state index in [0.29, 0.717) is 31.0 Å². The van der Waals surface area contributed by atoms with Crippen molar-refractivity contribution in [2.24, 2.45) is 0 Å². The number of rotatable bonds is 11. The molecule has 3 N–H and O–H groups in total. The number of aliphatic hydroxyl groups is 2. The maximum atomic E-state index is 13.2. The highest BCUT2D eigenvalue weighted by molar-refractivity contribution is 14.1. The largest absolute Gasteiger partial charge is 0.493 e. The van der Waals surface area contributed by atoms with Gasteiger partial charge in [-0.25, -0.2) is 0 Å². The molecule has 2 aromatic carbocycles. The third kappa shape index (κ3) is 7.63. The average Bonchev–Trinajstić information content (AvgIpc) is 2.92. The van der Waals surface area contributed by atoms with Crippen molar-refractivity contribution in [2.75, 3.05) is 20.3 Å². The summed E-state index contributed by atoms with van der Waals surface area (Å²) in [6, 6.07) is 7.19. The van der Waals surface area contributed by atoms with Gasteiger partial charge in [0.2, 0.25) is 11.8 Å². The van der Waals surface area contributed by atoms with Gasteiger partial charge in [0.15, 0.2) is 11.5 Å². The van der Waals surface area contributed by atoms with Crippen LogP contribution in [0.2, 0.25) is 10.0 Å². The first-order chi connectivity index (χ1) is 18.6. The first kappa shape index (κ1) is 31.2. The zero-order valence-corrected chi connectivity index (χ0v) is 25.0. The van der Waals surface area contributed by atoms with Gasteiger partial charge in [0.25, 0.3) is 0 Å². The van der Waals surface area contributed by atoms with Crippen LogP contribution < -0.4 is 14.8 Å². The van der Waals surface area contributed by atoms with E-state index in [1.165, 1.54) is 24.2 Å². The Labute approximate surface area is 250 Å². The highest BCUT2D eigenvalue weighted by atomic mass is 127. The normalized spacial score (nSPS) is 18.6. The summed E-state index contributed by atoms with van der Waals surface area (Å²) in [5.41, 5.74) is 1.28. The molecule has 0 heterocycles. The fraction of sp³-hybridized carbons (Fsp3) is 0.370. The molecular formula is C27H29Cl2IN2O7. The highest BCUT2D eigenvalue weighted by Crippen LogP contribution is 2.37. The van der Waals surface area contributed by atoms with E-state index < -0.39 is 24.2 Å². The molecule has 3 unspecified atom stereocenters. The maximum absolute atomic E-state index is 13.2. The fourth-order valence-electron chi connectivity index (χ4n) is 4.26. The van der Waals surface area contributed by atoms with Gasteiger partial charge in [-0.3, -0.25) is 14.4 Å². The molecule has 0 fully saturated rings. The lowest BCUT2D eigenvalue weighted by Gasteiger charge is -2.40. The monoisotopic (exact) mass is 690 g/mol. The van der Waals surface area contributed by atoms with E-state index in [9.17, 15) is 24.6 Å². The van der Waals surface area contributed by atoms with Crippen LogP contribution in [0, 0.1) is 3.57 Å². The van der Waals surface area contributed by atoms with Crippen LogP contribution in [0.1, 0.15) is 35.7 Å². The number of hydrogen-bond donors (Lipinski definition) is 3. The molecule has 3 atom stereocenters. The summed E-state index contributed by atoms with van der Waals surface area (Å²) in [6.45, 7) is 1.55. The Balaban J connectivity index is 2.04. The van der Waals surface area contributed by atoms with Crippen molar-refractivity contribution in [1.82, 2.24) is 10.2 Å². The molecule has 1 aliphatic carbocycles. The van der Waals surface area contributed by atoms with Crippen LogP contribution in [0.3, 0.4) is 0 Å². The Kier molecular flexibility index (Phi) is 11.4. The zero-order valence-electron chi connectivity index (χ0n) is 21.3. The SMILES string of the molecule is CCC(=O)N(Cc1ccc(Cl)cc1Cl)C1CC(C(=O)NCCO)=CC(Oc2c(I)cc(C=O)cc2OC)C1O. The van der Waals surface area contributed by atoms with E-state index in [1.54, 1.807) is 31.2 Å². The van der Waals surface area contributed by atoms with Crippen LogP contribution in [-0.2, 0) is 16.1 Å². The summed E-state index contributed by atoms with van der Waals surface area (Å²) in [6.07, 6.45) is 0.0611. The number of methoxy groups -OCH3 is 1. The predicted molar refractivity (Wildman–Crippen MR) is 155 cm³/mol. The van der Waals surface area contributed by atoms with E-state index in [4.69, 9.17) is 32.7 Å². The van der Waals surface area contributed by atoms with Gasteiger partial charge in [0.05, 0.1) is 23.3 Å². The van der Waals surface area contributed by atoms with Gasteiger partial charge in [-0.1, -0.05) is 36.2 Å². The number of carbonyl (C=O) groups is 3. The second-order valence-corrected chi connectivity index (χ2v) is 10.8. The number of nitrogens with zero attached hydrogens (tertiary/aromatic N) is 1. The zero-order chi connectivity index (χ0) is 28.7. The second kappa shape index (κ2) is 14.3. The Hall–Kier alpha value is -2.38. The molecule has 3 rings (SSSR count). The molecule has 0 aliphatic heterocycles. The molecule has 2 amide bonds.